The van der Waals surface area contributed by atoms with Gasteiger partial charge in [0.1, 0.15) is 5.82 Å². The second kappa shape index (κ2) is 9.79. The lowest BCUT2D eigenvalue weighted by Gasteiger charge is -2.14. The van der Waals surface area contributed by atoms with E-state index in [1.54, 1.807) is 0 Å². The van der Waals surface area contributed by atoms with Crippen LogP contribution < -0.4 is 5.32 Å². The molecule has 1 atom stereocenters. The highest BCUT2D eigenvalue weighted by molar-refractivity contribution is 5.34. The van der Waals surface area contributed by atoms with E-state index in [1.807, 2.05) is 18.2 Å². The molecule has 0 aliphatic rings. The van der Waals surface area contributed by atoms with Crippen LogP contribution in [-0.2, 0) is 11.3 Å². The Labute approximate surface area is 117 Å². The van der Waals surface area contributed by atoms with Gasteiger partial charge in [0, 0.05) is 13.2 Å². The number of pyridine rings is 1. The molecular weight excluding hydrogens is 236 g/mol. The summed E-state index contributed by atoms with van der Waals surface area (Å²) in [5.74, 6) is 1.62. The molecular formula is C16H28N2O. The Hall–Kier alpha value is -1.09. The first kappa shape index (κ1) is 16.0. The number of nitrogens with zero attached hydrogens (tertiary/aromatic N) is 1. The largest absolute Gasteiger partial charge is 0.375 e. The first-order chi connectivity index (χ1) is 9.30. The summed E-state index contributed by atoms with van der Waals surface area (Å²) >= 11 is 0. The van der Waals surface area contributed by atoms with Crippen LogP contribution in [0.15, 0.2) is 18.2 Å². The summed E-state index contributed by atoms with van der Waals surface area (Å²) < 4.78 is 5.81. The van der Waals surface area contributed by atoms with Crippen LogP contribution in [0, 0.1) is 5.92 Å². The molecule has 3 nitrogen and oxygen atoms in total. The molecule has 0 fully saturated rings. The molecule has 0 amide bonds. The van der Waals surface area contributed by atoms with Crippen molar-refractivity contribution in [1.82, 2.24) is 4.98 Å². The molecule has 1 N–H and O–H groups in total. The number of ether oxygens (including phenoxy) is 1. The second-order valence-electron chi connectivity index (χ2n) is 4.98. The van der Waals surface area contributed by atoms with E-state index in [0.717, 1.165) is 24.7 Å². The van der Waals surface area contributed by atoms with Gasteiger partial charge in [0.15, 0.2) is 0 Å². The summed E-state index contributed by atoms with van der Waals surface area (Å²) in [7, 11) is 0. The van der Waals surface area contributed by atoms with Gasteiger partial charge in [-0.2, -0.15) is 0 Å². The lowest BCUT2D eigenvalue weighted by Crippen LogP contribution is -2.09. The number of hydrogen-bond donors (Lipinski definition) is 1. The van der Waals surface area contributed by atoms with Crippen LogP contribution >= 0.6 is 0 Å². The molecule has 0 spiro atoms. The molecule has 0 saturated carbocycles. The normalized spacial score (nSPS) is 12.4. The highest BCUT2D eigenvalue weighted by Crippen LogP contribution is 2.14. The van der Waals surface area contributed by atoms with E-state index in [1.165, 1.54) is 25.7 Å². The zero-order valence-electron chi connectivity index (χ0n) is 12.6. The SMILES string of the molecule is CCCCC(CC)COCc1cccc(NCC)n1. The van der Waals surface area contributed by atoms with E-state index in [0.29, 0.717) is 12.5 Å². The molecule has 3 heteroatoms. The summed E-state index contributed by atoms with van der Waals surface area (Å²) in [6.45, 7) is 8.92. The van der Waals surface area contributed by atoms with Crippen LogP contribution in [-0.4, -0.2) is 18.1 Å². The second-order valence-corrected chi connectivity index (χ2v) is 4.98. The molecule has 1 heterocycles. The average Bonchev–Trinajstić information content (AvgIpc) is 2.43. The Morgan fingerprint density at radius 1 is 1.26 bits per heavy atom. The van der Waals surface area contributed by atoms with Crippen molar-refractivity contribution in [2.45, 2.75) is 53.1 Å². The van der Waals surface area contributed by atoms with Gasteiger partial charge in [-0.3, -0.25) is 0 Å². The van der Waals surface area contributed by atoms with Crippen LogP contribution in [0.4, 0.5) is 5.82 Å². The van der Waals surface area contributed by atoms with Gasteiger partial charge in [-0.15, -0.1) is 0 Å². The van der Waals surface area contributed by atoms with Gasteiger partial charge in [-0.05, 0) is 31.4 Å². The third-order valence-electron chi connectivity index (χ3n) is 3.31. The van der Waals surface area contributed by atoms with E-state index in [9.17, 15) is 0 Å². The Balaban J connectivity index is 2.33. The van der Waals surface area contributed by atoms with Crippen molar-refractivity contribution in [3.05, 3.63) is 23.9 Å². The van der Waals surface area contributed by atoms with Crippen LogP contribution in [0.25, 0.3) is 0 Å². The third-order valence-corrected chi connectivity index (χ3v) is 3.31. The average molecular weight is 264 g/mol. The molecule has 0 aliphatic heterocycles. The molecule has 0 saturated heterocycles. The first-order valence-electron chi connectivity index (χ1n) is 7.57. The maximum absolute atomic E-state index is 5.81. The number of aromatic nitrogens is 1. The monoisotopic (exact) mass is 264 g/mol. The minimum absolute atomic E-state index is 0.613. The lowest BCUT2D eigenvalue weighted by molar-refractivity contribution is 0.0800. The molecule has 1 unspecified atom stereocenters. The van der Waals surface area contributed by atoms with Crippen molar-refractivity contribution in [2.75, 3.05) is 18.5 Å². The fourth-order valence-electron chi connectivity index (χ4n) is 2.07. The first-order valence-corrected chi connectivity index (χ1v) is 7.57. The van der Waals surface area contributed by atoms with Gasteiger partial charge >= 0.3 is 0 Å². The van der Waals surface area contributed by atoms with E-state index in [2.05, 4.69) is 31.1 Å². The van der Waals surface area contributed by atoms with Gasteiger partial charge in [-0.25, -0.2) is 4.98 Å². The number of unbranched alkanes of at least 4 members (excludes halogenated alkanes) is 1. The summed E-state index contributed by atoms with van der Waals surface area (Å²) in [4.78, 5) is 4.51. The summed E-state index contributed by atoms with van der Waals surface area (Å²) in [5.41, 5.74) is 1.00. The van der Waals surface area contributed by atoms with E-state index in [4.69, 9.17) is 4.74 Å². The minimum atomic E-state index is 0.613. The van der Waals surface area contributed by atoms with Crippen molar-refractivity contribution in [3.8, 4) is 0 Å². The standard InChI is InChI=1S/C16H28N2O/c1-4-7-9-14(5-2)12-19-13-15-10-8-11-16(18-15)17-6-3/h8,10-11,14H,4-7,9,12-13H2,1-3H3,(H,17,18). The Morgan fingerprint density at radius 3 is 2.79 bits per heavy atom. The minimum Gasteiger partial charge on any atom is -0.375 e. The lowest BCUT2D eigenvalue weighted by atomic mass is 10.0. The highest BCUT2D eigenvalue weighted by Gasteiger charge is 2.06. The molecule has 1 aromatic rings. The maximum Gasteiger partial charge on any atom is 0.126 e. The topological polar surface area (TPSA) is 34.1 Å². The predicted molar refractivity (Wildman–Crippen MR) is 81.4 cm³/mol. The molecule has 1 aromatic heterocycles. The number of hydrogen-bond acceptors (Lipinski definition) is 3. The van der Waals surface area contributed by atoms with Crippen molar-refractivity contribution < 1.29 is 4.74 Å². The van der Waals surface area contributed by atoms with Gasteiger partial charge in [0.2, 0.25) is 0 Å². The van der Waals surface area contributed by atoms with Crippen LogP contribution in [0.1, 0.15) is 52.1 Å². The molecule has 19 heavy (non-hydrogen) atoms. The van der Waals surface area contributed by atoms with E-state index < -0.39 is 0 Å². The fraction of sp³-hybridized carbons (Fsp3) is 0.688. The van der Waals surface area contributed by atoms with Crippen molar-refractivity contribution in [2.24, 2.45) is 5.92 Å². The third kappa shape index (κ3) is 6.58. The fourth-order valence-corrected chi connectivity index (χ4v) is 2.07. The van der Waals surface area contributed by atoms with Crippen LogP contribution in [0.3, 0.4) is 0 Å². The maximum atomic E-state index is 5.81. The number of rotatable bonds is 10. The Kier molecular flexibility index (Phi) is 8.23. The summed E-state index contributed by atoms with van der Waals surface area (Å²) in [5, 5.41) is 3.22. The molecule has 0 bridgehead atoms. The molecule has 108 valence electrons. The van der Waals surface area contributed by atoms with Gasteiger partial charge in [-0.1, -0.05) is 39.2 Å². The quantitative estimate of drug-likeness (QED) is 0.686. The van der Waals surface area contributed by atoms with Crippen LogP contribution in [0.5, 0.6) is 0 Å². The van der Waals surface area contributed by atoms with E-state index >= 15 is 0 Å². The smallest absolute Gasteiger partial charge is 0.126 e. The number of anilines is 1. The summed E-state index contributed by atoms with van der Waals surface area (Å²) in [6.07, 6.45) is 5.04. The Morgan fingerprint density at radius 2 is 2.11 bits per heavy atom. The zero-order valence-corrected chi connectivity index (χ0v) is 12.6. The van der Waals surface area contributed by atoms with Gasteiger partial charge < -0.3 is 10.1 Å². The van der Waals surface area contributed by atoms with Crippen LogP contribution in [0.2, 0.25) is 0 Å². The number of nitrogens with one attached hydrogen (secondary N) is 1. The molecule has 1 rings (SSSR count). The van der Waals surface area contributed by atoms with E-state index in [-0.39, 0.29) is 0 Å². The predicted octanol–water partition coefficient (Wildman–Crippen LogP) is 4.25. The van der Waals surface area contributed by atoms with Gasteiger partial charge in [0.05, 0.1) is 12.3 Å². The molecule has 0 aromatic carbocycles. The zero-order chi connectivity index (χ0) is 13.9. The van der Waals surface area contributed by atoms with Crippen molar-refractivity contribution >= 4 is 5.82 Å². The Bertz CT molecular complexity index is 341. The van der Waals surface area contributed by atoms with Crippen molar-refractivity contribution in [3.63, 3.8) is 0 Å². The molecule has 0 radical (unpaired) electrons. The van der Waals surface area contributed by atoms with Crippen molar-refractivity contribution in [1.29, 1.82) is 0 Å². The summed E-state index contributed by atoms with van der Waals surface area (Å²) in [6, 6.07) is 6.04. The van der Waals surface area contributed by atoms with Gasteiger partial charge in [0.25, 0.3) is 0 Å². The molecule has 0 aliphatic carbocycles. The highest BCUT2D eigenvalue weighted by atomic mass is 16.5.